The summed E-state index contributed by atoms with van der Waals surface area (Å²) in [6, 6.07) is 0. The van der Waals surface area contributed by atoms with Crippen molar-refractivity contribution in [3.8, 4) is 0 Å². The molecule has 0 amide bonds. The van der Waals surface area contributed by atoms with E-state index < -0.39 is 6.67 Å². The second-order valence-electron chi connectivity index (χ2n) is 1.56. The highest BCUT2D eigenvalue weighted by atomic mass is 32.1. The lowest BCUT2D eigenvalue weighted by Gasteiger charge is -2.01. The summed E-state index contributed by atoms with van der Waals surface area (Å²) in [5.74, 6) is 0. The van der Waals surface area contributed by atoms with Gasteiger partial charge in [-0.05, 0) is 0 Å². The van der Waals surface area contributed by atoms with Gasteiger partial charge in [0.05, 0.1) is 0 Å². The number of nitrogens with one attached hydrogen (secondary N) is 3. The van der Waals surface area contributed by atoms with Gasteiger partial charge in [-0.3, -0.25) is 5.32 Å². The van der Waals surface area contributed by atoms with Crippen LogP contribution in [0.5, 0.6) is 0 Å². The minimum absolute atomic E-state index is 0.129. The van der Waals surface area contributed by atoms with E-state index in [2.05, 4.69) is 28.8 Å². The molecule has 3 nitrogen and oxygen atoms in total. The Balaban J connectivity index is 2.22. The number of rotatable bonds is 1. The summed E-state index contributed by atoms with van der Waals surface area (Å²) >= 11 is 3.95. The Kier molecular flexibility index (Phi) is 2.07. The fourth-order valence-corrected chi connectivity index (χ4v) is 0.791. The van der Waals surface area contributed by atoms with Crippen LogP contribution in [-0.4, -0.2) is 18.3 Å². The Morgan fingerprint density at radius 1 is 1.50 bits per heavy atom. The minimum atomic E-state index is -0.427. The zero-order valence-corrected chi connectivity index (χ0v) is 5.08. The number of thiol groups is 1. The molecule has 1 aliphatic heterocycles. The first-order valence-electron chi connectivity index (χ1n) is 2.34. The van der Waals surface area contributed by atoms with Gasteiger partial charge in [0.1, 0.15) is 18.3 Å². The molecule has 48 valence electrons. The van der Waals surface area contributed by atoms with Crippen LogP contribution in [0.3, 0.4) is 0 Å². The van der Waals surface area contributed by atoms with Crippen LogP contribution < -0.4 is 16.2 Å². The second kappa shape index (κ2) is 2.63. The average molecular weight is 137 g/mol. The maximum atomic E-state index is 11.7. The topological polar surface area (TPSA) is 36.1 Å². The van der Waals surface area contributed by atoms with Crippen molar-refractivity contribution in [1.82, 2.24) is 16.2 Å². The number of halogens is 1. The number of hydrogen-bond donors (Lipinski definition) is 4. The molecule has 1 fully saturated rings. The van der Waals surface area contributed by atoms with E-state index in [-0.39, 0.29) is 11.7 Å². The SMILES string of the molecule is FCC1NNC(S)N1. The second-order valence-corrected chi connectivity index (χ2v) is 2.08. The van der Waals surface area contributed by atoms with Crippen molar-refractivity contribution in [2.75, 3.05) is 6.67 Å². The highest BCUT2D eigenvalue weighted by Crippen LogP contribution is 1.92. The fraction of sp³-hybridized carbons (Fsp3) is 1.00. The van der Waals surface area contributed by atoms with Crippen LogP contribution in [0.4, 0.5) is 4.39 Å². The van der Waals surface area contributed by atoms with E-state index in [0.717, 1.165) is 0 Å². The van der Waals surface area contributed by atoms with Crippen LogP contribution in [-0.2, 0) is 0 Å². The molecule has 0 saturated carbocycles. The van der Waals surface area contributed by atoms with Gasteiger partial charge in [-0.15, -0.1) is 12.6 Å². The van der Waals surface area contributed by atoms with E-state index in [9.17, 15) is 4.39 Å². The maximum Gasteiger partial charge on any atom is 0.119 e. The van der Waals surface area contributed by atoms with Gasteiger partial charge in [-0.25, -0.2) is 15.2 Å². The molecule has 0 aromatic rings. The molecule has 0 aliphatic carbocycles. The molecule has 0 aromatic carbocycles. The zero-order valence-electron chi connectivity index (χ0n) is 4.19. The summed E-state index contributed by atoms with van der Waals surface area (Å²) < 4.78 is 11.7. The van der Waals surface area contributed by atoms with Crippen molar-refractivity contribution in [1.29, 1.82) is 0 Å². The highest BCUT2D eigenvalue weighted by Gasteiger charge is 2.17. The lowest BCUT2D eigenvalue weighted by molar-refractivity contribution is 0.375. The Bertz CT molecular complexity index is 80.9. The van der Waals surface area contributed by atoms with Crippen molar-refractivity contribution in [2.24, 2.45) is 0 Å². The Labute approximate surface area is 52.4 Å². The van der Waals surface area contributed by atoms with Gasteiger partial charge < -0.3 is 0 Å². The quantitative estimate of drug-likeness (QED) is 0.357. The lowest BCUT2D eigenvalue weighted by atomic mass is 10.6. The van der Waals surface area contributed by atoms with Crippen molar-refractivity contribution in [3.05, 3.63) is 0 Å². The van der Waals surface area contributed by atoms with Gasteiger partial charge in [-0.1, -0.05) is 0 Å². The standard InChI is InChI=1S/C3H8FN3S/c4-1-2-5-3(8)7-6-2/h2-3,5-8H,1H2. The molecular weight excluding hydrogens is 129 g/mol. The normalized spacial score (nSPS) is 38.2. The van der Waals surface area contributed by atoms with E-state index in [1.807, 2.05) is 0 Å². The molecular formula is C3H8FN3S. The summed E-state index contributed by atoms with van der Waals surface area (Å²) in [7, 11) is 0. The van der Waals surface area contributed by atoms with Gasteiger partial charge >= 0.3 is 0 Å². The third kappa shape index (κ3) is 1.32. The third-order valence-corrected chi connectivity index (χ3v) is 1.19. The maximum absolute atomic E-state index is 11.7. The fourth-order valence-electron chi connectivity index (χ4n) is 0.537. The van der Waals surface area contributed by atoms with Crippen molar-refractivity contribution < 1.29 is 4.39 Å². The largest absolute Gasteiger partial charge is 0.274 e. The van der Waals surface area contributed by atoms with Gasteiger partial charge in [-0.2, -0.15) is 0 Å². The molecule has 0 spiro atoms. The molecule has 1 rings (SSSR count). The van der Waals surface area contributed by atoms with Crippen LogP contribution in [0.25, 0.3) is 0 Å². The summed E-state index contributed by atoms with van der Waals surface area (Å²) in [5, 5.41) is 2.77. The first-order valence-corrected chi connectivity index (χ1v) is 2.85. The monoisotopic (exact) mass is 137 g/mol. The van der Waals surface area contributed by atoms with Crippen LogP contribution in [0.15, 0.2) is 0 Å². The molecule has 1 aliphatic rings. The highest BCUT2D eigenvalue weighted by molar-refractivity contribution is 7.80. The average Bonchev–Trinajstić information content (AvgIpc) is 2.14. The molecule has 0 aromatic heterocycles. The molecule has 0 bridgehead atoms. The van der Waals surface area contributed by atoms with E-state index >= 15 is 0 Å². The molecule has 2 unspecified atom stereocenters. The smallest absolute Gasteiger partial charge is 0.119 e. The number of hydrogen-bond acceptors (Lipinski definition) is 4. The van der Waals surface area contributed by atoms with Crippen LogP contribution in [0.1, 0.15) is 0 Å². The molecule has 8 heavy (non-hydrogen) atoms. The van der Waals surface area contributed by atoms with Gasteiger partial charge in [0.2, 0.25) is 0 Å². The molecule has 1 saturated heterocycles. The van der Waals surface area contributed by atoms with Crippen molar-refractivity contribution in [2.45, 2.75) is 11.7 Å². The molecule has 0 radical (unpaired) electrons. The predicted molar refractivity (Wildman–Crippen MR) is 31.9 cm³/mol. The van der Waals surface area contributed by atoms with Gasteiger partial charge in [0, 0.05) is 0 Å². The van der Waals surface area contributed by atoms with Crippen LogP contribution >= 0.6 is 12.6 Å². The summed E-state index contributed by atoms with van der Waals surface area (Å²) in [6.45, 7) is -0.427. The van der Waals surface area contributed by atoms with E-state index in [4.69, 9.17) is 0 Å². The van der Waals surface area contributed by atoms with Crippen molar-refractivity contribution >= 4 is 12.6 Å². The molecule has 3 N–H and O–H groups in total. The first kappa shape index (κ1) is 6.28. The number of alkyl halides is 1. The zero-order chi connectivity index (χ0) is 5.98. The van der Waals surface area contributed by atoms with Crippen molar-refractivity contribution in [3.63, 3.8) is 0 Å². The molecule has 1 heterocycles. The predicted octanol–water partition coefficient (Wildman–Crippen LogP) is -0.807. The Morgan fingerprint density at radius 2 is 2.25 bits per heavy atom. The van der Waals surface area contributed by atoms with Gasteiger partial charge in [0.15, 0.2) is 0 Å². The Morgan fingerprint density at radius 3 is 2.50 bits per heavy atom. The summed E-state index contributed by atoms with van der Waals surface area (Å²) in [5.41, 5.74) is 5.20. The number of hydrazine groups is 1. The van der Waals surface area contributed by atoms with E-state index in [1.165, 1.54) is 0 Å². The van der Waals surface area contributed by atoms with Gasteiger partial charge in [0.25, 0.3) is 0 Å². The minimum Gasteiger partial charge on any atom is -0.274 e. The van der Waals surface area contributed by atoms with Crippen LogP contribution in [0.2, 0.25) is 0 Å². The molecule has 5 heteroatoms. The third-order valence-electron chi connectivity index (χ3n) is 0.908. The first-order chi connectivity index (χ1) is 3.83. The van der Waals surface area contributed by atoms with E-state index in [0.29, 0.717) is 0 Å². The Hall–Kier alpha value is 0.160. The summed E-state index contributed by atoms with van der Waals surface area (Å²) in [6.07, 6.45) is -0.280. The lowest BCUT2D eigenvalue weighted by Crippen LogP contribution is -2.35. The van der Waals surface area contributed by atoms with E-state index in [1.54, 1.807) is 0 Å². The summed E-state index contributed by atoms with van der Waals surface area (Å²) in [4.78, 5) is 0. The van der Waals surface area contributed by atoms with Crippen LogP contribution in [0, 0.1) is 0 Å². The molecule has 2 atom stereocenters.